The quantitative estimate of drug-likeness (QED) is 0.0115. The fraction of sp³-hybridized carbons (Fsp3) is 0.492. The first kappa shape index (κ1) is 64.7. The summed E-state index contributed by atoms with van der Waals surface area (Å²) in [5.41, 5.74) is 14.1. The summed E-state index contributed by atoms with van der Waals surface area (Å²) in [5, 5.41) is 22.4. The number of likely N-dealkylation sites (N-methyl/N-ethyl adjacent to an activating group) is 1. The predicted octanol–water partition coefficient (Wildman–Crippen LogP) is 5.84. The van der Waals surface area contributed by atoms with Gasteiger partial charge in [-0.05, 0) is 131 Å². The van der Waals surface area contributed by atoms with Crippen LogP contribution < -0.4 is 38.1 Å². The van der Waals surface area contributed by atoms with Crippen molar-refractivity contribution in [2.75, 3.05) is 33.3 Å². The van der Waals surface area contributed by atoms with Crippen molar-refractivity contribution < 1.29 is 47.8 Å². The molecule has 7 rings (SSSR count). The first-order valence-electron chi connectivity index (χ1n) is 29.9. The number of nitrogens with zero attached hydrogens (tertiary/aromatic N) is 2. The zero-order valence-corrected chi connectivity index (χ0v) is 49.5. The third kappa shape index (κ3) is 17.2. The van der Waals surface area contributed by atoms with Crippen LogP contribution in [0.2, 0.25) is 0 Å². The summed E-state index contributed by atoms with van der Waals surface area (Å²) in [7, 11) is 1.67. The summed E-state index contributed by atoms with van der Waals surface area (Å²) in [4.78, 5) is 120. The minimum atomic E-state index is -2.84. The summed E-state index contributed by atoms with van der Waals surface area (Å²) in [6, 6.07) is 27.5. The molecule has 0 unspecified atom stereocenters. The molecule has 0 bridgehead atoms. The van der Waals surface area contributed by atoms with E-state index in [2.05, 4.69) is 26.6 Å². The van der Waals surface area contributed by atoms with E-state index in [4.69, 9.17) is 26.4 Å². The second-order valence-electron chi connectivity index (χ2n) is 23.5. The van der Waals surface area contributed by atoms with Crippen molar-refractivity contribution in [3.63, 3.8) is 0 Å². The van der Waals surface area contributed by atoms with E-state index in [9.17, 15) is 19.2 Å². The first-order valence-corrected chi connectivity index (χ1v) is 29.9. The van der Waals surface area contributed by atoms with E-state index in [-0.39, 0.29) is 57.7 Å². The molecular weight excluding hydrogens is 1080 g/mol. The van der Waals surface area contributed by atoms with Crippen molar-refractivity contribution in [2.24, 2.45) is 17.4 Å². The van der Waals surface area contributed by atoms with E-state index in [1.54, 1.807) is 58.2 Å². The van der Waals surface area contributed by atoms with Crippen LogP contribution in [0.1, 0.15) is 132 Å². The maximum absolute atomic E-state index is 16.1. The van der Waals surface area contributed by atoms with Gasteiger partial charge in [0.1, 0.15) is 30.3 Å². The van der Waals surface area contributed by atoms with Crippen molar-refractivity contribution in [3.05, 3.63) is 131 Å². The molecule has 1 radical (unpaired) electrons. The molecule has 455 valence electrons. The molecule has 1 saturated heterocycles. The Balaban J connectivity index is 1.24. The van der Waals surface area contributed by atoms with E-state index >= 15 is 19.2 Å². The van der Waals surface area contributed by atoms with E-state index in [0.29, 0.717) is 42.7 Å². The van der Waals surface area contributed by atoms with Crippen molar-refractivity contribution in [1.29, 1.82) is 5.41 Å². The number of likely N-dealkylation sites (tertiary alicyclic amines) is 1. The highest BCUT2D eigenvalue weighted by atomic mass is 16.6. The van der Waals surface area contributed by atoms with Gasteiger partial charge >= 0.3 is 12.1 Å². The van der Waals surface area contributed by atoms with Crippen LogP contribution in [0.5, 0.6) is 0 Å². The molecule has 20 heteroatoms. The number of alkyl carbamates (subject to hydrolysis) is 1. The number of rotatable bonds is 27. The number of nitrogens with two attached hydrogens (primary N) is 2. The lowest BCUT2D eigenvalue weighted by atomic mass is 9.84. The SMILES string of the molecule is CN[C@@H](Cc1ccccc1)C(=O)N[C@@H](CCCCN)C(=O)N1CCC[C@H]1C(=O)N[C@@H](Cc1ccccc1)C(=O)N(C(=O)[C@H](N)CC1CCCCC1)[C@]([C]=O)(CCCNC(=N)NC(=O)OC(C)(C)C)C(=O)OCC1c2ccccc2-c2ccccc21. The Kier molecular flexibility index (Phi) is 23.5. The Hall–Kier alpha value is -7.81. The molecule has 4 aromatic rings. The van der Waals surface area contributed by atoms with Gasteiger partial charge in [0.2, 0.25) is 35.5 Å². The van der Waals surface area contributed by atoms with Crippen LogP contribution in [-0.4, -0.2) is 138 Å². The Morgan fingerprint density at radius 2 is 1.34 bits per heavy atom. The predicted molar refractivity (Wildman–Crippen MR) is 323 cm³/mol. The van der Waals surface area contributed by atoms with Crippen LogP contribution in [0.4, 0.5) is 4.79 Å². The Labute approximate surface area is 499 Å². The van der Waals surface area contributed by atoms with Gasteiger partial charge < -0.3 is 47.1 Å². The summed E-state index contributed by atoms with van der Waals surface area (Å²) in [5.74, 6) is -6.12. The molecule has 1 heterocycles. The Morgan fingerprint density at radius 3 is 1.93 bits per heavy atom. The van der Waals surface area contributed by atoms with Crippen molar-refractivity contribution in [1.82, 2.24) is 36.4 Å². The zero-order valence-electron chi connectivity index (χ0n) is 49.5. The maximum atomic E-state index is 16.1. The van der Waals surface area contributed by atoms with Crippen LogP contribution in [0.25, 0.3) is 11.1 Å². The van der Waals surface area contributed by atoms with E-state index < -0.39 is 101 Å². The highest BCUT2D eigenvalue weighted by Gasteiger charge is 2.55. The lowest BCUT2D eigenvalue weighted by Gasteiger charge is -2.40. The standard InChI is InChI=1S/C65H85N10O10/c1-64(2,3)85-63(83)73-62(68)70-36-21-34-65(42-76,61(82)84-41-50-48-30-16-14-28-46(48)47-29-15-17-31-49(47)50)75(58(79)51(67)38-43-22-8-5-9-23-43)60(81)54(40-45-26-12-7-13-27-45)72-57(78)55-33-20-37-74(55)59(80)52(32-18-19-35-66)71-56(77)53(69-4)39-44-24-10-6-11-25-44/h6-7,10-17,24-31,43,50-55,69H,5,8-9,18-23,32-41,66-67H2,1-4H3,(H,71,77)(H,72,78)(H3,68,70,73,83)/t51-,52+,53+,54+,55+,65+/m1/s1. The van der Waals surface area contributed by atoms with E-state index in [0.717, 1.165) is 59.9 Å². The largest absolute Gasteiger partial charge is 0.463 e. The van der Waals surface area contributed by atoms with Crippen molar-refractivity contribution in [2.45, 2.75) is 164 Å². The van der Waals surface area contributed by atoms with Crippen molar-refractivity contribution >= 4 is 53.8 Å². The average molecular weight is 1170 g/mol. The molecule has 20 nitrogen and oxygen atoms in total. The lowest BCUT2D eigenvalue weighted by molar-refractivity contribution is -0.168. The second-order valence-corrected chi connectivity index (χ2v) is 23.5. The molecule has 1 saturated carbocycles. The van der Waals surface area contributed by atoms with Crippen LogP contribution in [0.15, 0.2) is 109 Å². The topological polar surface area (TPSA) is 298 Å². The highest BCUT2D eigenvalue weighted by molar-refractivity contribution is 6.12. The maximum Gasteiger partial charge on any atom is 0.414 e. The molecule has 10 N–H and O–H groups in total. The molecule has 2 aliphatic carbocycles. The van der Waals surface area contributed by atoms with E-state index in [1.165, 1.54) is 4.90 Å². The average Bonchev–Trinajstić information content (AvgIpc) is 1.97. The second kappa shape index (κ2) is 30.8. The third-order valence-corrected chi connectivity index (χ3v) is 16.2. The van der Waals surface area contributed by atoms with Crippen LogP contribution >= 0.6 is 0 Å². The van der Waals surface area contributed by atoms with Gasteiger partial charge in [-0.1, -0.05) is 141 Å². The summed E-state index contributed by atoms with van der Waals surface area (Å²) in [6.45, 7) is 5.02. The highest BCUT2D eigenvalue weighted by Crippen LogP contribution is 2.45. The fourth-order valence-electron chi connectivity index (χ4n) is 11.9. The molecule has 2 fully saturated rings. The number of guanidine groups is 1. The van der Waals surface area contributed by atoms with Crippen LogP contribution in [0.3, 0.4) is 0 Å². The van der Waals surface area contributed by atoms with E-state index in [1.807, 2.05) is 85.1 Å². The minimum Gasteiger partial charge on any atom is -0.463 e. The molecule has 4 aromatic carbocycles. The smallest absolute Gasteiger partial charge is 0.414 e. The molecule has 1 aliphatic heterocycles. The number of imide groups is 1. The van der Waals surface area contributed by atoms with Gasteiger partial charge in [0, 0.05) is 25.4 Å². The third-order valence-electron chi connectivity index (χ3n) is 16.2. The first-order chi connectivity index (χ1) is 40.9. The zero-order chi connectivity index (χ0) is 61.1. The molecule has 6 amide bonds. The summed E-state index contributed by atoms with van der Waals surface area (Å²) in [6.07, 6.45) is 6.64. The molecule has 0 aromatic heterocycles. The number of hydrogen-bond acceptors (Lipinski definition) is 14. The van der Waals surface area contributed by atoms with Crippen LogP contribution in [-0.2, 0) is 55.9 Å². The monoisotopic (exact) mass is 1170 g/mol. The number of unbranched alkanes of at least 4 members (excludes halogenated alkanes) is 1. The number of esters is 1. The van der Waals surface area contributed by atoms with Gasteiger partial charge in [-0.25, -0.2) is 9.59 Å². The molecule has 3 aliphatic rings. The number of carbonyl (C=O) groups is 7. The number of amides is 6. The van der Waals surface area contributed by atoms with Crippen molar-refractivity contribution in [3.8, 4) is 11.1 Å². The Morgan fingerprint density at radius 1 is 0.741 bits per heavy atom. The molecule has 85 heavy (non-hydrogen) atoms. The lowest BCUT2D eigenvalue weighted by Crippen LogP contribution is -2.68. The van der Waals surface area contributed by atoms with Gasteiger partial charge in [0.25, 0.3) is 5.91 Å². The fourth-order valence-corrected chi connectivity index (χ4v) is 11.9. The van der Waals surface area contributed by atoms with Gasteiger partial charge in [-0.2, -0.15) is 0 Å². The van der Waals surface area contributed by atoms with Gasteiger partial charge in [-0.15, -0.1) is 0 Å². The van der Waals surface area contributed by atoms with Crippen LogP contribution in [0, 0.1) is 11.3 Å². The summed E-state index contributed by atoms with van der Waals surface area (Å²) < 4.78 is 11.5. The normalized spacial score (nSPS) is 17.1. The number of benzene rings is 4. The molecule has 0 spiro atoms. The Bertz CT molecular complexity index is 2910. The number of nitrogens with one attached hydrogen (secondary N) is 6. The summed E-state index contributed by atoms with van der Waals surface area (Å²) >= 11 is 0. The number of fused-ring (bicyclic) bond motifs is 3. The van der Waals surface area contributed by atoms with Gasteiger partial charge in [-0.3, -0.25) is 44.4 Å². The number of ether oxygens (including phenoxy) is 2. The molecular formula is C65H85N10O10. The molecule has 6 atom stereocenters. The number of carbonyl (C=O) groups excluding carboxylic acids is 8. The van der Waals surface area contributed by atoms with Gasteiger partial charge in [0.05, 0.1) is 12.1 Å². The number of hydrogen-bond donors (Lipinski definition) is 8. The van der Waals surface area contributed by atoms with Gasteiger partial charge in [0.15, 0.2) is 5.96 Å². The minimum absolute atomic E-state index is 0.0102.